The molecule has 0 spiro atoms. The lowest BCUT2D eigenvalue weighted by molar-refractivity contribution is 0.0944. The van der Waals surface area contributed by atoms with Crippen molar-refractivity contribution >= 4 is 18.3 Å². The number of nitrogens with one attached hydrogen (secondary N) is 1. The number of halogens is 1. The number of benzene rings is 1. The molecule has 0 unspecified atom stereocenters. The Hall–Kier alpha value is -1.06. The maximum absolute atomic E-state index is 11.9. The van der Waals surface area contributed by atoms with Gasteiger partial charge in [0.25, 0.3) is 5.91 Å². The Kier molecular flexibility index (Phi) is 5.17. The molecule has 0 aliphatic heterocycles. The first-order valence-corrected chi connectivity index (χ1v) is 6.26. The molecule has 0 saturated heterocycles. The number of hydrogen-bond acceptors (Lipinski definition) is 2. The number of amides is 1. The second-order valence-corrected chi connectivity index (χ2v) is 4.94. The van der Waals surface area contributed by atoms with Crippen molar-refractivity contribution in [1.29, 1.82) is 0 Å². The van der Waals surface area contributed by atoms with Gasteiger partial charge in [-0.2, -0.15) is 0 Å². The second kappa shape index (κ2) is 6.21. The van der Waals surface area contributed by atoms with Crippen molar-refractivity contribution in [2.75, 3.05) is 6.54 Å². The molecule has 3 nitrogen and oxygen atoms in total. The molecule has 0 atom stereocenters. The summed E-state index contributed by atoms with van der Waals surface area (Å²) in [5.74, 6) is 0.0216. The Morgan fingerprint density at radius 1 is 1.33 bits per heavy atom. The number of carbonyl (C=O) groups is 1. The van der Waals surface area contributed by atoms with Crippen LogP contribution in [0.5, 0.6) is 0 Å². The van der Waals surface area contributed by atoms with Gasteiger partial charge >= 0.3 is 0 Å². The molecule has 100 valence electrons. The van der Waals surface area contributed by atoms with Crippen LogP contribution in [0, 0.1) is 5.41 Å². The van der Waals surface area contributed by atoms with Crippen LogP contribution in [0.1, 0.15) is 42.1 Å². The zero-order chi connectivity index (χ0) is 12.3. The third-order valence-electron chi connectivity index (χ3n) is 3.78. The minimum absolute atomic E-state index is 0. The summed E-state index contributed by atoms with van der Waals surface area (Å²) in [5.41, 5.74) is 7.68. The third-order valence-corrected chi connectivity index (χ3v) is 3.78. The lowest BCUT2D eigenvalue weighted by Gasteiger charge is -2.13. The molecule has 0 aromatic heterocycles. The largest absolute Gasteiger partial charge is 0.351 e. The first-order valence-electron chi connectivity index (χ1n) is 6.26. The van der Waals surface area contributed by atoms with Gasteiger partial charge < -0.3 is 11.1 Å². The van der Waals surface area contributed by atoms with Gasteiger partial charge in [-0.15, -0.1) is 12.4 Å². The fourth-order valence-corrected chi connectivity index (χ4v) is 1.99. The number of carbonyl (C=O) groups excluding carboxylic acids is 1. The molecule has 0 bridgehead atoms. The second-order valence-electron chi connectivity index (χ2n) is 4.94. The summed E-state index contributed by atoms with van der Waals surface area (Å²) in [6.07, 6.45) is 3.64. The van der Waals surface area contributed by atoms with E-state index >= 15 is 0 Å². The zero-order valence-electron chi connectivity index (χ0n) is 10.7. The van der Waals surface area contributed by atoms with Crippen LogP contribution in [0.15, 0.2) is 24.3 Å². The molecule has 0 radical (unpaired) electrons. The molecule has 18 heavy (non-hydrogen) atoms. The van der Waals surface area contributed by atoms with Gasteiger partial charge in [-0.05, 0) is 42.4 Å². The van der Waals surface area contributed by atoms with Crippen LogP contribution >= 0.6 is 12.4 Å². The maximum atomic E-state index is 11.9. The highest BCUT2D eigenvalue weighted by Gasteiger charge is 2.40. The van der Waals surface area contributed by atoms with E-state index < -0.39 is 0 Å². The van der Waals surface area contributed by atoms with Crippen molar-refractivity contribution < 1.29 is 4.79 Å². The average molecular weight is 269 g/mol. The van der Waals surface area contributed by atoms with Gasteiger partial charge in [0, 0.05) is 18.7 Å². The SMILES string of the molecule is CCC1(CNC(=O)c2ccc(CN)cc2)CC1.Cl. The van der Waals surface area contributed by atoms with Crippen molar-refractivity contribution in [2.45, 2.75) is 32.7 Å². The van der Waals surface area contributed by atoms with E-state index in [0.717, 1.165) is 18.5 Å². The van der Waals surface area contributed by atoms with E-state index in [1.54, 1.807) is 0 Å². The minimum atomic E-state index is 0. The van der Waals surface area contributed by atoms with Gasteiger partial charge in [0.05, 0.1) is 0 Å². The molecule has 1 amide bonds. The molecule has 1 fully saturated rings. The lowest BCUT2D eigenvalue weighted by Crippen LogP contribution is -2.29. The van der Waals surface area contributed by atoms with Crippen LogP contribution in [-0.4, -0.2) is 12.5 Å². The molecular weight excluding hydrogens is 248 g/mol. The van der Waals surface area contributed by atoms with E-state index in [9.17, 15) is 4.79 Å². The standard InChI is InChI=1S/C14H20N2O.ClH/c1-2-14(7-8-14)10-16-13(17)12-5-3-11(9-15)4-6-12;/h3-6H,2,7-10,15H2,1H3,(H,16,17);1H. The van der Waals surface area contributed by atoms with Gasteiger partial charge in [0.15, 0.2) is 0 Å². The molecule has 1 aliphatic carbocycles. The quantitative estimate of drug-likeness (QED) is 0.862. The van der Waals surface area contributed by atoms with Crippen molar-refractivity contribution in [2.24, 2.45) is 11.1 Å². The molecule has 1 aliphatic rings. The fraction of sp³-hybridized carbons (Fsp3) is 0.500. The minimum Gasteiger partial charge on any atom is -0.351 e. The van der Waals surface area contributed by atoms with E-state index in [4.69, 9.17) is 5.73 Å². The fourth-order valence-electron chi connectivity index (χ4n) is 1.99. The van der Waals surface area contributed by atoms with Gasteiger partial charge in [-0.1, -0.05) is 19.1 Å². The van der Waals surface area contributed by atoms with Crippen molar-refractivity contribution in [1.82, 2.24) is 5.32 Å². The van der Waals surface area contributed by atoms with Gasteiger partial charge in [-0.25, -0.2) is 0 Å². The third kappa shape index (κ3) is 3.47. The van der Waals surface area contributed by atoms with Crippen LogP contribution < -0.4 is 11.1 Å². The Balaban J connectivity index is 0.00000162. The first kappa shape index (κ1) is 15.0. The maximum Gasteiger partial charge on any atom is 0.251 e. The van der Waals surface area contributed by atoms with Crippen molar-refractivity contribution in [3.63, 3.8) is 0 Å². The molecule has 0 heterocycles. The summed E-state index contributed by atoms with van der Waals surface area (Å²) in [7, 11) is 0. The van der Waals surface area contributed by atoms with E-state index in [2.05, 4.69) is 12.2 Å². The van der Waals surface area contributed by atoms with E-state index in [0.29, 0.717) is 17.5 Å². The zero-order valence-corrected chi connectivity index (χ0v) is 11.6. The highest BCUT2D eigenvalue weighted by molar-refractivity contribution is 5.94. The molecule has 1 aromatic rings. The first-order chi connectivity index (χ1) is 8.19. The van der Waals surface area contributed by atoms with Crippen molar-refractivity contribution in [3.8, 4) is 0 Å². The van der Waals surface area contributed by atoms with E-state index in [1.807, 2.05) is 24.3 Å². The predicted octanol–water partition coefficient (Wildman–Crippen LogP) is 2.49. The average Bonchev–Trinajstić information content (AvgIpc) is 3.17. The Labute approximate surface area is 115 Å². The van der Waals surface area contributed by atoms with Gasteiger partial charge in [0.1, 0.15) is 0 Å². The number of rotatable bonds is 5. The monoisotopic (exact) mass is 268 g/mol. The molecule has 1 saturated carbocycles. The summed E-state index contributed by atoms with van der Waals surface area (Å²) in [6, 6.07) is 7.48. The van der Waals surface area contributed by atoms with Crippen LogP contribution in [-0.2, 0) is 6.54 Å². The summed E-state index contributed by atoms with van der Waals surface area (Å²) in [4.78, 5) is 11.9. The van der Waals surface area contributed by atoms with Gasteiger partial charge in [0.2, 0.25) is 0 Å². The number of hydrogen-bond donors (Lipinski definition) is 2. The van der Waals surface area contributed by atoms with Gasteiger partial charge in [-0.3, -0.25) is 4.79 Å². The van der Waals surface area contributed by atoms with Crippen LogP contribution in [0.3, 0.4) is 0 Å². The highest BCUT2D eigenvalue weighted by Crippen LogP contribution is 2.47. The summed E-state index contributed by atoms with van der Waals surface area (Å²) >= 11 is 0. The van der Waals surface area contributed by atoms with Crippen LogP contribution in [0.4, 0.5) is 0 Å². The number of nitrogens with two attached hydrogens (primary N) is 1. The van der Waals surface area contributed by atoms with Crippen LogP contribution in [0.2, 0.25) is 0 Å². The molecule has 1 aromatic carbocycles. The summed E-state index contributed by atoms with van der Waals surface area (Å²) in [5, 5.41) is 3.02. The molecule has 2 rings (SSSR count). The van der Waals surface area contributed by atoms with E-state index in [-0.39, 0.29) is 18.3 Å². The molecule has 3 N–H and O–H groups in total. The molecule has 4 heteroatoms. The topological polar surface area (TPSA) is 55.1 Å². The lowest BCUT2D eigenvalue weighted by atomic mass is 10.0. The smallest absolute Gasteiger partial charge is 0.251 e. The normalized spacial score (nSPS) is 15.7. The Bertz CT molecular complexity index is 399. The van der Waals surface area contributed by atoms with Crippen LogP contribution in [0.25, 0.3) is 0 Å². The van der Waals surface area contributed by atoms with Crippen molar-refractivity contribution in [3.05, 3.63) is 35.4 Å². The summed E-state index contributed by atoms with van der Waals surface area (Å²) in [6.45, 7) is 3.51. The Morgan fingerprint density at radius 3 is 2.39 bits per heavy atom. The highest BCUT2D eigenvalue weighted by atomic mass is 35.5. The van der Waals surface area contributed by atoms with E-state index in [1.165, 1.54) is 12.8 Å². The predicted molar refractivity (Wildman–Crippen MR) is 75.9 cm³/mol. The summed E-state index contributed by atoms with van der Waals surface area (Å²) < 4.78 is 0. The Morgan fingerprint density at radius 2 is 1.94 bits per heavy atom. The molecular formula is C14H21ClN2O.